The van der Waals surface area contributed by atoms with Crippen LogP contribution in [0.5, 0.6) is 0 Å². The summed E-state index contributed by atoms with van der Waals surface area (Å²) in [4.78, 5) is 11.3. The quantitative estimate of drug-likeness (QED) is 0.669. The van der Waals surface area contributed by atoms with Gasteiger partial charge in [0.05, 0.1) is 16.3 Å². The lowest BCUT2D eigenvalue weighted by Gasteiger charge is -2.13. The van der Waals surface area contributed by atoms with Gasteiger partial charge < -0.3 is 10.3 Å². The van der Waals surface area contributed by atoms with E-state index in [0.717, 1.165) is 6.07 Å². The average molecular weight is 394 g/mol. The van der Waals surface area contributed by atoms with Gasteiger partial charge >= 0.3 is 0 Å². The Morgan fingerprint density at radius 2 is 1.96 bits per heavy atom. The number of carbonyl (C=O) groups excluding carboxylic acids is 1. The highest BCUT2D eigenvalue weighted by Gasteiger charge is 2.11. The number of benzene rings is 1. The Hall–Kier alpha value is -1.90. The fourth-order valence-corrected chi connectivity index (χ4v) is 2.94. The van der Waals surface area contributed by atoms with Crippen LogP contribution >= 0.6 is 24.0 Å². The molecule has 24 heavy (non-hydrogen) atoms. The van der Waals surface area contributed by atoms with Gasteiger partial charge in [0.2, 0.25) is 0 Å². The number of primary amides is 1. The number of pyridine rings is 1. The van der Waals surface area contributed by atoms with Crippen molar-refractivity contribution in [2.24, 2.45) is 5.73 Å². The van der Waals surface area contributed by atoms with Crippen molar-refractivity contribution in [1.29, 1.82) is 5.41 Å². The predicted molar refractivity (Wildman–Crippen MR) is 90.6 cm³/mol. The summed E-state index contributed by atoms with van der Waals surface area (Å²) in [5.41, 5.74) is 5.77. The average Bonchev–Trinajstić information content (AvgIpc) is 2.44. The summed E-state index contributed by atoms with van der Waals surface area (Å²) in [6.45, 7) is 0.0540. The van der Waals surface area contributed by atoms with Gasteiger partial charge in [0, 0.05) is 12.7 Å². The van der Waals surface area contributed by atoms with Gasteiger partial charge in [0.25, 0.3) is 5.91 Å². The Morgan fingerprint density at radius 3 is 2.54 bits per heavy atom. The minimum Gasteiger partial charge on any atom is -0.365 e. The standard InChI is InChI=1S/C14H13ClFN3O3S.ClH/c15-10-4-12(14(18)20)13(17)19(6-10)5-8-1-2-11(16)3-9(8)7-23(21)22;/h1-4,6,17,23H,5,7H2,(H2,18,20);1H. The van der Waals surface area contributed by atoms with Crippen LogP contribution in [0.25, 0.3) is 0 Å². The smallest absolute Gasteiger partial charge is 0.252 e. The SMILES string of the molecule is Cl.N=c1c(C(N)=O)cc(Cl)cn1Cc1ccc(F)cc1C[SH](=O)=O. The number of carbonyl (C=O) groups is 1. The van der Waals surface area contributed by atoms with E-state index in [1.165, 1.54) is 29.0 Å². The van der Waals surface area contributed by atoms with Gasteiger partial charge in [0.15, 0.2) is 0 Å². The molecule has 1 aromatic carbocycles. The molecule has 6 nitrogen and oxygen atoms in total. The van der Waals surface area contributed by atoms with Crippen molar-refractivity contribution in [1.82, 2.24) is 4.57 Å². The number of nitrogens with zero attached hydrogens (tertiary/aromatic N) is 1. The summed E-state index contributed by atoms with van der Waals surface area (Å²) < 4.78 is 36.5. The van der Waals surface area contributed by atoms with Crippen LogP contribution in [0.2, 0.25) is 5.02 Å². The van der Waals surface area contributed by atoms with E-state index in [2.05, 4.69) is 0 Å². The second-order valence-corrected chi connectivity index (χ2v) is 6.23. The summed E-state index contributed by atoms with van der Waals surface area (Å²) in [7, 11) is -2.73. The highest BCUT2D eigenvalue weighted by Crippen LogP contribution is 2.15. The molecule has 0 bridgehead atoms. The lowest BCUT2D eigenvalue weighted by molar-refractivity contribution is 0.0997. The van der Waals surface area contributed by atoms with Crippen LogP contribution < -0.4 is 11.2 Å². The molecule has 130 valence electrons. The largest absolute Gasteiger partial charge is 0.365 e. The summed E-state index contributed by atoms with van der Waals surface area (Å²) in [6.07, 6.45) is 1.42. The minimum atomic E-state index is -2.73. The Bertz CT molecular complexity index is 905. The molecule has 0 aliphatic carbocycles. The first-order chi connectivity index (χ1) is 10.8. The van der Waals surface area contributed by atoms with Crippen LogP contribution in [0.4, 0.5) is 4.39 Å². The number of aromatic nitrogens is 1. The van der Waals surface area contributed by atoms with Gasteiger partial charge in [-0.25, -0.2) is 12.8 Å². The number of nitrogens with two attached hydrogens (primary N) is 1. The summed E-state index contributed by atoms with van der Waals surface area (Å²) in [6, 6.07) is 5.04. The Labute approximate surface area is 149 Å². The molecule has 2 aromatic rings. The van der Waals surface area contributed by atoms with Crippen molar-refractivity contribution in [2.45, 2.75) is 12.3 Å². The number of nitrogens with one attached hydrogen (secondary N) is 1. The summed E-state index contributed by atoms with van der Waals surface area (Å²) in [5.74, 6) is -1.67. The molecular weight excluding hydrogens is 380 g/mol. The highest BCUT2D eigenvalue weighted by atomic mass is 35.5. The maximum Gasteiger partial charge on any atom is 0.252 e. The maximum absolute atomic E-state index is 13.3. The molecule has 2 rings (SSSR count). The molecule has 0 fully saturated rings. The van der Waals surface area contributed by atoms with Crippen LogP contribution in [-0.2, 0) is 23.0 Å². The molecule has 3 N–H and O–H groups in total. The molecule has 0 aliphatic rings. The zero-order valence-electron chi connectivity index (χ0n) is 12.2. The molecule has 0 radical (unpaired) electrons. The molecule has 1 amide bonds. The number of rotatable bonds is 5. The van der Waals surface area contributed by atoms with Crippen molar-refractivity contribution < 1.29 is 17.6 Å². The molecule has 0 aliphatic heterocycles. The Balaban J connectivity index is 0.00000288. The second kappa shape index (κ2) is 8.27. The van der Waals surface area contributed by atoms with E-state index in [-0.39, 0.29) is 46.3 Å². The van der Waals surface area contributed by atoms with E-state index >= 15 is 0 Å². The van der Waals surface area contributed by atoms with E-state index in [1.807, 2.05) is 0 Å². The third-order valence-corrected chi connectivity index (χ3v) is 3.98. The molecule has 0 atom stereocenters. The number of thiol groups is 1. The molecular formula is C14H14Cl2FN3O3S. The van der Waals surface area contributed by atoms with Gasteiger partial charge in [-0.1, -0.05) is 17.7 Å². The lowest BCUT2D eigenvalue weighted by atomic mass is 10.1. The van der Waals surface area contributed by atoms with E-state index in [4.69, 9.17) is 22.7 Å². The van der Waals surface area contributed by atoms with Crippen molar-refractivity contribution in [3.63, 3.8) is 0 Å². The fourth-order valence-electron chi connectivity index (χ4n) is 2.14. The molecule has 0 saturated heterocycles. The molecule has 1 aromatic heterocycles. The number of amides is 1. The number of hydrogen-bond donors (Lipinski definition) is 3. The van der Waals surface area contributed by atoms with Gasteiger partial charge in [-0.05, 0) is 29.3 Å². The summed E-state index contributed by atoms with van der Waals surface area (Å²) >= 11 is 5.91. The predicted octanol–water partition coefficient (Wildman–Crippen LogP) is 1.44. The third-order valence-electron chi connectivity index (χ3n) is 3.18. The van der Waals surface area contributed by atoms with E-state index in [1.54, 1.807) is 0 Å². The Morgan fingerprint density at radius 1 is 1.29 bits per heavy atom. The van der Waals surface area contributed by atoms with Crippen molar-refractivity contribution >= 4 is 40.6 Å². The maximum atomic E-state index is 13.3. The van der Waals surface area contributed by atoms with Crippen LogP contribution in [0.3, 0.4) is 0 Å². The van der Waals surface area contributed by atoms with E-state index in [0.29, 0.717) is 5.56 Å². The second-order valence-electron chi connectivity index (χ2n) is 4.82. The van der Waals surface area contributed by atoms with Crippen molar-refractivity contribution in [3.8, 4) is 0 Å². The fraction of sp³-hybridized carbons (Fsp3) is 0.143. The van der Waals surface area contributed by atoms with Crippen molar-refractivity contribution in [3.05, 3.63) is 63.5 Å². The third kappa shape index (κ3) is 4.80. The van der Waals surface area contributed by atoms with Gasteiger partial charge in [-0.2, -0.15) is 0 Å². The normalized spacial score (nSPS) is 10.5. The first kappa shape index (κ1) is 20.1. The van der Waals surface area contributed by atoms with Gasteiger partial charge in [0.1, 0.15) is 22.0 Å². The van der Waals surface area contributed by atoms with E-state index < -0.39 is 22.4 Å². The first-order valence-corrected chi connectivity index (χ1v) is 8.15. The van der Waals surface area contributed by atoms with Crippen LogP contribution in [-0.4, -0.2) is 18.9 Å². The molecule has 0 saturated carbocycles. The topological polar surface area (TPSA) is 106 Å². The van der Waals surface area contributed by atoms with Crippen molar-refractivity contribution in [2.75, 3.05) is 0 Å². The minimum absolute atomic E-state index is 0. The molecule has 10 heteroatoms. The highest BCUT2D eigenvalue weighted by molar-refractivity contribution is 7.71. The molecule has 0 spiro atoms. The van der Waals surface area contributed by atoms with Gasteiger partial charge in [-0.3, -0.25) is 10.2 Å². The molecule has 1 heterocycles. The zero-order valence-corrected chi connectivity index (χ0v) is 14.6. The lowest BCUT2D eigenvalue weighted by Crippen LogP contribution is -2.30. The summed E-state index contributed by atoms with van der Waals surface area (Å²) in [5, 5.41) is 8.19. The first-order valence-electron chi connectivity index (χ1n) is 6.41. The Kier molecular flexibility index (Phi) is 6.94. The number of halogens is 3. The number of hydrogen-bond acceptors (Lipinski definition) is 4. The van der Waals surface area contributed by atoms with Gasteiger partial charge in [-0.15, -0.1) is 12.4 Å². The van der Waals surface area contributed by atoms with E-state index in [9.17, 15) is 17.6 Å². The monoisotopic (exact) mass is 393 g/mol. The zero-order chi connectivity index (χ0) is 17.1. The van der Waals surface area contributed by atoms with Crippen LogP contribution in [0.15, 0.2) is 30.5 Å². The molecule has 0 unspecified atom stereocenters. The van der Waals surface area contributed by atoms with Crippen LogP contribution in [0.1, 0.15) is 21.5 Å². The van der Waals surface area contributed by atoms with Crippen LogP contribution in [0, 0.1) is 11.2 Å².